The van der Waals surface area contributed by atoms with Gasteiger partial charge in [0.05, 0.1) is 17.3 Å². The van der Waals surface area contributed by atoms with Crippen LogP contribution in [0, 0.1) is 11.3 Å². The van der Waals surface area contributed by atoms with Gasteiger partial charge in [-0.25, -0.2) is 8.42 Å². The van der Waals surface area contributed by atoms with Crippen LogP contribution in [-0.4, -0.2) is 26.6 Å². The minimum absolute atomic E-state index is 0.00927. The number of nitrogens with one attached hydrogen (secondary N) is 1. The van der Waals surface area contributed by atoms with E-state index in [4.69, 9.17) is 11.1 Å². The SMILES string of the molecule is CC(C)CCS(=O)(=O)N(CCC(=N)N)c1ccccc1. The molecule has 1 aromatic rings. The molecule has 0 atom stereocenters. The Bertz CT molecular complexity index is 527. The number of amidine groups is 1. The lowest BCUT2D eigenvalue weighted by Crippen LogP contribution is -2.36. The van der Waals surface area contributed by atoms with Crippen molar-refractivity contribution in [2.24, 2.45) is 11.7 Å². The van der Waals surface area contributed by atoms with Gasteiger partial charge in [-0.15, -0.1) is 0 Å². The summed E-state index contributed by atoms with van der Waals surface area (Å²) in [7, 11) is -3.39. The van der Waals surface area contributed by atoms with Crippen molar-refractivity contribution in [3.8, 4) is 0 Å². The van der Waals surface area contributed by atoms with Crippen LogP contribution in [0.4, 0.5) is 5.69 Å². The van der Waals surface area contributed by atoms with Crippen molar-refractivity contribution < 1.29 is 8.42 Å². The molecule has 5 nitrogen and oxygen atoms in total. The quantitative estimate of drug-likeness (QED) is 0.569. The van der Waals surface area contributed by atoms with Crippen LogP contribution < -0.4 is 10.0 Å². The maximum absolute atomic E-state index is 12.5. The molecule has 0 spiro atoms. The number of nitrogens with two attached hydrogens (primary N) is 1. The molecular weight excluding hydrogens is 274 g/mol. The molecule has 0 radical (unpaired) electrons. The van der Waals surface area contributed by atoms with E-state index < -0.39 is 10.0 Å². The number of nitrogens with zero attached hydrogens (tertiary/aromatic N) is 1. The molecule has 0 bridgehead atoms. The van der Waals surface area contributed by atoms with Crippen LogP contribution in [0.2, 0.25) is 0 Å². The Balaban J connectivity index is 2.95. The number of para-hydroxylation sites is 1. The normalized spacial score (nSPS) is 11.6. The topological polar surface area (TPSA) is 87.2 Å². The molecular formula is C14H23N3O2S. The summed E-state index contributed by atoms with van der Waals surface area (Å²) in [4.78, 5) is 0. The fourth-order valence-corrected chi connectivity index (χ4v) is 3.54. The van der Waals surface area contributed by atoms with E-state index in [0.29, 0.717) is 18.0 Å². The molecule has 0 aliphatic carbocycles. The molecule has 0 aliphatic heterocycles. The summed E-state index contributed by atoms with van der Waals surface area (Å²) < 4.78 is 26.3. The van der Waals surface area contributed by atoms with E-state index in [1.165, 1.54) is 4.31 Å². The molecule has 20 heavy (non-hydrogen) atoms. The fourth-order valence-electron chi connectivity index (χ4n) is 1.74. The second-order valence-electron chi connectivity index (χ2n) is 5.18. The molecule has 3 N–H and O–H groups in total. The van der Waals surface area contributed by atoms with Crippen LogP contribution in [0.1, 0.15) is 26.7 Å². The number of hydrogen-bond acceptors (Lipinski definition) is 3. The summed E-state index contributed by atoms with van der Waals surface area (Å²) >= 11 is 0. The van der Waals surface area contributed by atoms with Gasteiger partial charge >= 0.3 is 0 Å². The van der Waals surface area contributed by atoms with Gasteiger partial charge in [0, 0.05) is 13.0 Å². The lowest BCUT2D eigenvalue weighted by atomic mass is 10.2. The Kier molecular flexibility index (Phi) is 6.01. The van der Waals surface area contributed by atoms with E-state index in [2.05, 4.69) is 0 Å². The molecule has 6 heteroatoms. The summed E-state index contributed by atoms with van der Waals surface area (Å²) in [5, 5.41) is 7.28. The van der Waals surface area contributed by atoms with Gasteiger partial charge in [-0.05, 0) is 24.5 Å². The number of anilines is 1. The van der Waals surface area contributed by atoms with E-state index in [0.717, 1.165) is 0 Å². The van der Waals surface area contributed by atoms with Crippen molar-refractivity contribution in [3.05, 3.63) is 30.3 Å². The van der Waals surface area contributed by atoms with Gasteiger partial charge in [0.15, 0.2) is 0 Å². The van der Waals surface area contributed by atoms with Crippen molar-refractivity contribution in [3.63, 3.8) is 0 Å². The molecule has 0 fully saturated rings. The second kappa shape index (κ2) is 7.28. The van der Waals surface area contributed by atoms with Crippen molar-refractivity contribution >= 4 is 21.5 Å². The molecule has 0 saturated carbocycles. The largest absolute Gasteiger partial charge is 0.388 e. The van der Waals surface area contributed by atoms with Gasteiger partial charge in [-0.1, -0.05) is 32.0 Å². The van der Waals surface area contributed by atoms with Gasteiger partial charge in [-0.2, -0.15) is 0 Å². The fraction of sp³-hybridized carbons (Fsp3) is 0.500. The molecule has 1 rings (SSSR count). The predicted molar refractivity (Wildman–Crippen MR) is 83.6 cm³/mol. The number of hydrogen-bond donors (Lipinski definition) is 2. The van der Waals surface area contributed by atoms with Gasteiger partial charge in [0.1, 0.15) is 0 Å². The third-order valence-corrected chi connectivity index (χ3v) is 4.73. The Labute approximate surface area is 121 Å². The summed E-state index contributed by atoms with van der Waals surface area (Å²) in [6.07, 6.45) is 0.849. The first kappa shape index (κ1) is 16.5. The highest BCUT2D eigenvalue weighted by atomic mass is 32.2. The van der Waals surface area contributed by atoms with E-state index in [1.807, 2.05) is 19.9 Å². The standard InChI is InChI=1S/C14H23N3O2S/c1-12(2)9-11-20(18,19)17(10-8-14(15)16)13-6-4-3-5-7-13/h3-7,12H,8-11H2,1-2H3,(H3,15,16). The minimum atomic E-state index is -3.39. The highest BCUT2D eigenvalue weighted by molar-refractivity contribution is 7.92. The minimum Gasteiger partial charge on any atom is -0.388 e. The van der Waals surface area contributed by atoms with Crippen LogP contribution in [0.15, 0.2) is 30.3 Å². The van der Waals surface area contributed by atoms with Crippen LogP contribution in [0.3, 0.4) is 0 Å². The lowest BCUT2D eigenvalue weighted by molar-refractivity contribution is 0.570. The molecule has 0 saturated heterocycles. The first-order chi connectivity index (χ1) is 9.33. The van der Waals surface area contributed by atoms with E-state index in [1.54, 1.807) is 24.3 Å². The van der Waals surface area contributed by atoms with Crippen molar-refractivity contribution in [2.75, 3.05) is 16.6 Å². The Morgan fingerprint density at radius 2 is 1.90 bits per heavy atom. The third-order valence-electron chi connectivity index (χ3n) is 2.92. The molecule has 0 amide bonds. The monoisotopic (exact) mass is 297 g/mol. The Hall–Kier alpha value is -1.56. The smallest absolute Gasteiger partial charge is 0.235 e. The first-order valence-electron chi connectivity index (χ1n) is 6.71. The lowest BCUT2D eigenvalue weighted by Gasteiger charge is -2.24. The molecule has 0 aliphatic rings. The Morgan fingerprint density at radius 1 is 1.30 bits per heavy atom. The zero-order chi connectivity index (χ0) is 15.2. The number of rotatable bonds is 8. The first-order valence-corrected chi connectivity index (χ1v) is 8.32. The average Bonchev–Trinajstić information content (AvgIpc) is 2.37. The summed E-state index contributed by atoms with van der Waals surface area (Å²) in [5.41, 5.74) is 5.97. The van der Waals surface area contributed by atoms with E-state index in [-0.39, 0.29) is 24.6 Å². The zero-order valence-corrected chi connectivity index (χ0v) is 12.9. The highest BCUT2D eigenvalue weighted by Crippen LogP contribution is 2.19. The van der Waals surface area contributed by atoms with Crippen LogP contribution in [0.25, 0.3) is 0 Å². The predicted octanol–water partition coefficient (Wildman–Crippen LogP) is 2.19. The van der Waals surface area contributed by atoms with Crippen LogP contribution >= 0.6 is 0 Å². The van der Waals surface area contributed by atoms with Crippen molar-refractivity contribution in [1.82, 2.24) is 0 Å². The average molecular weight is 297 g/mol. The third kappa shape index (κ3) is 5.21. The van der Waals surface area contributed by atoms with E-state index >= 15 is 0 Å². The summed E-state index contributed by atoms with van der Waals surface area (Å²) in [5.74, 6) is 0.428. The molecule has 1 aromatic carbocycles. The van der Waals surface area contributed by atoms with Gasteiger partial charge < -0.3 is 5.73 Å². The summed E-state index contributed by atoms with van der Waals surface area (Å²) in [6, 6.07) is 8.95. The summed E-state index contributed by atoms with van der Waals surface area (Å²) in [6.45, 7) is 4.20. The maximum Gasteiger partial charge on any atom is 0.235 e. The molecule has 0 unspecified atom stereocenters. The highest BCUT2D eigenvalue weighted by Gasteiger charge is 2.22. The van der Waals surface area contributed by atoms with Crippen LogP contribution in [0.5, 0.6) is 0 Å². The van der Waals surface area contributed by atoms with Crippen molar-refractivity contribution in [1.29, 1.82) is 5.41 Å². The molecule has 0 aromatic heterocycles. The Morgan fingerprint density at radius 3 is 2.40 bits per heavy atom. The zero-order valence-electron chi connectivity index (χ0n) is 12.0. The number of benzene rings is 1. The van der Waals surface area contributed by atoms with Crippen molar-refractivity contribution in [2.45, 2.75) is 26.7 Å². The van der Waals surface area contributed by atoms with Crippen LogP contribution in [-0.2, 0) is 10.0 Å². The molecule has 112 valence electrons. The molecule has 0 heterocycles. The maximum atomic E-state index is 12.5. The second-order valence-corrected chi connectivity index (χ2v) is 7.19. The van der Waals surface area contributed by atoms with Gasteiger partial charge in [0.2, 0.25) is 10.0 Å². The van der Waals surface area contributed by atoms with Gasteiger partial charge in [0.25, 0.3) is 0 Å². The van der Waals surface area contributed by atoms with Gasteiger partial charge in [-0.3, -0.25) is 9.71 Å². The van der Waals surface area contributed by atoms with E-state index in [9.17, 15) is 8.42 Å². The number of sulfonamides is 1.